The number of hydrogen-bond acceptors (Lipinski definition) is 5. The van der Waals surface area contributed by atoms with Crippen LogP contribution in [0.1, 0.15) is 28.3 Å². The minimum Gasteiger partial charge on any atom is -0.497 e. The van der Waals surface area contributed by atoms with Crippen molar-refractivity contribution in [2.45, 2.75) is 30.3 Å². The molecule has 160 valence electrons. The molecule has 0 amide bonds. The highest BCUT2D eigenvalue weighted by Gasteiger charge is 2.35. The summed E-state index contributed by atoms with van der Waals surface area (Å²) >= 11 is 3.68. The first kappa shape index (κ1) is 20.5. The van der Waals surface area contributed by atoms with Crippen LogP contribution in [0.4, 0.5) is 0 Å². The Morgan fingerprint density at radius 3 is 2.61 bits per heavy atom. The molecule has 5 nitrogen and oxygen atoms in total. The summed E-state index contributed by atoms with van der Waals surface area (Å²) in [6.45, 7) is 1.55. The predicted octanol–water partition coefficient (Wildman–Crippen LogP) is 4.88. The van der Waals surface area contributed by atoms with Gasteiger partial charge in [-0.25, -0.2) is 0 Å². The Morgan fingerprint density at radius 2 is 1.84 bits per heavy atom. The third-order valence-electron chi connectivity index (χ3n) is 6.14. The molecule has 5 rings (SSSR count). The quantitative estimate of drug-likeness (QED) is 0.478. The molecule has 7 heteroatoms. The molecule has 0 aliphatic carbocycles. The van der Waals surface area contributed by atoms with Crippen molar-refractivity contribution >= 4 is 26.0 Å². The van der Waals surface area contributed by atoms with Crippen LogP contribution < -0.4 is 8.92 Å². The lowest BCUT2D eigenvalue weighted by Crippen LogP contribution is -2.39. The van der Waals surface area contributed by atoms with Gasteiger partial charge in [-0.3, -0.25) is 4.90 Å². The van der Waals surface area contributed by atoms with E-state index < -0.39 is 10.1 Å². The molecule has 0 radical (unpaired) electrons. The summed E-state index contributed by atoms with van der Waals surface area (Å²) < 4.78 is 37.6. The van der Waals surface area contributed by atoms with Gasteiger partial charge in [-0.2, -0.15) is 8.42 Å². The lowest BCUT2D eigenvalue weighted by molar-refractivity contribution is 0.159. The summed E-state index contributed by atoms with van der Waals surface area (Å²) in [4.78, 5) is 2.56. The molecule has 0 aromatic heterocycles. The molecule has 0 spiro atoms. The van der Waals surface area contributed by atoms with Gasteiger partial charge in [0.25, 0.3) is 0 Å². The number of rotatable bonds is 4. The molecular formula is C24H22BrNO4S. The molecule has 0 saturated heterocycles. The second-order valence-corrected chi connectivity index (χ2v) is 10.3. The van der Waals surface area contributed by atoms with Crippen molar-refractivity contribution in [1.29, 1.82) is 0 Å². The monoisotopic (exact) mass is 499 g/mol. The van der Waals surface area contributed by atoms with E-state index in [1.54, 1.807) is 43.5 Å². The number of hydrogen-bond donors (Lipinski definition) is 0. The highest BCUT2D eigenvalue weighted by Crippen LogP contribution is 2.44. The van der Waals surface area contributed by atoms with Crippen molar-refractivity contribution in [3.63, 3.8) is 0 Å². The van der Waals surface area contributed by atoms with E-state index in [0.29, 0.717) is 12.3 Å². The summed E-state index contributed by atoms with van der Waals surface area (Å²) in [5.41, 5.74) is 4.67. The van der Waals surface area contributed by atoms with E-state index in [9.17, 15) is 8.42 Å². The number of halogens is 1. The Kier molecular flexibility index (Phi) is 5.28. The van der Waals surface area contributed by atoms with Crippen LogP contribution in [0.15, 0.2) is 70.0 Å². The maximum atomic E-state index is 12.8. The van der Waals surface area contributed by atoms with Gasteiger partial charge in [-0.1, -0.05) is 40.2 Å². The molecule has 0 saturated carbocycles. The number of nitrogens with zero attached hydrogens (tertiary/aromatic N) is 1. The van der Waals surface area contributed by atoms with Crippen molar-refractivity contribution in [2.75, 3.05) is 13.7 Å². The second-order valence-electron chi connectivity index (χ2n) is 7.86. The van der Waals surface area contributed by atoms with Crippen LogP contribution in [0.2, 0.25) is 0 Å². The minimum atomic E-state index is -3.89. The smallest absolute Gasteiger partial charge is 0.339 e. The first-order valence-corrected chi connectivity index (χ1v) is 12.4. The third-order valence-corrected chi connectivity index (χ3v) is 8.13. The van der Waals surface area contributed by atoms with Crippen molar-refractivity contribution < 1.29 is 17.3 Å². The molecule has 2 heterocycles. The van der Waals surface area contributed by atoms with Crippen LogP contribution in [0.3, 0.4) is 0 Å². The van der Waals surface area contributed by atoms with Gasteiger partial charge in [0.2, 0.25) is 0 Å². The molecule has 0 fully saturated rings. The highest BCUT2D eigenvalue weighted by molar-refractivity contribution is 9.10. The Hall–Kier alpha value is -2.35. The zero-order chi connectivity index (χ0) is 21.6. The molecule has 3 aromatic carbocycles. The first-order valence-electron chi connectivity index (χ1n) is 10.2. The summed E-state index contributed by atoms with van der Waals surface area (Å²) in [6.07, 6.45) is 1.72. The summed E-state index contributed by atoms with van der Waals surface area (Å²) in [5, 5.41) is 0. The molecular weight excluding hydrogens is 478 g/mol. The van der Waals surface area contributed by atoms with Gasteiger partial charge in [0, 0.05) is 29.2 Å². The van der Waals surface area contributed by atoms with Gasteiger partial charge < -0.3 is 8.92 Å². The van der Waals surface area contributed by atoms with Crippen molar-refractivity contribution in [2.24, 2.45) is 0 Å². The SMILES string of the molecule is COc1ccc2c(c1)CCN1Cc3c(OS(=O)(=O)c4ccccc4)ccc(Br)c3CC21. The van der Waals surface area contributed by atoms with Gasteiger partial charge in [0.1, 0.15) is 16.4 Å². The minimum absolute atomic E-state index is 0.154. The maximum absolute atomic E-state index is 12.8. The molecule has 3 aromatic rings. The van der Waals surface area contributed by atoms with Crippen LogP contribution >= 0.6 is 15.9 Å². The molecule has 1 atom stereocenters. The van der Waals surface area contributed by atoms with Crippen molar-refractivity contribution in [3.8, 4) is 11.5 Å². The standard InChI is InChI=1S/C24H22BrNO4S/c1-29-17-7-8-19-16(13-17)11-12-26-15-21-20(14-23(19)26)22(25)9-10-24(21)30-31(27,28)18-5-3-2-4-6-18/h2-10,13,23H,11-12,14-15H2,1H3. The lowest BCUT2D eigenvalue weighted by Gasteiger charge is -2.42. The van der Waals surface area contributed by atoms with E-state index in [1.165, 1.54) is 11.1 Å². The first-order chi connectivity index (χ1) is 15.0. The predicted molar refractivity (Wildman–Crippen MR) is 122 cm³/mol. The van der Waals surface area contributed by atoms with Gasteiger partial charge >= 0.3 is 10.1 Å². The fourth-order valence-corrected chi connectivity index (χ4v) is 6.07. The van der Waals surface area contributed by atoms with E-state index in [2.05, 4.69) is 33.0 Å². The third kappa shape index (κ3) is 3.75. The number of fused-ring (bicyclic) bond motifs is 4. The molecule has 0 N–H and O–H groups in total. The fraction of sp³-hybridized carbons (Fsp3) is 0.250. The van der Waals surface area contributed by atoms with E-state index in [-0.39, 0.29) is 10.9 Å². The average molecular weight is 500 g/mol. The van der Waals surface area contributed by atoms with E-state index in [0.717, 1.165) is 40.7 Å². The van der Waals surface area contributed by atoms with Crippen LogP contribution in [-0.4, -0.2) is 27.0 Å². The lowest BCUT2D eigenvalue weighted by atomic mass is 9.84. The number of benzene rings is 3. The van der Waals surface area contributed by atoms with E-state index >= 15 is 0 Å². The average Bonchev–Trinajstić information content (AvgIpc) is 2.80. The van der Waals surface area contributed by atoms with Crippen LogP contribution in [0, 0.1) is 0 Å². The Labute approximate surface area is 190 Å². The largest absolute Gasteiger partial charge is 0.497 e. The Balaban J connectivity index is 1.51. The van der Waals surface area contributed by atoms with Crippen LogP contribution in [0.25, 0.3) is 0 Å². The summed E-state index contributed by atoms with van der Waals surface area (Å²) in [5.74, 6) is 1.28. The molecule has 31 heavy (non-hydrogen) atoms. The fourth-order valence-electron chi connectivity index (χ4n) is 4.56. The van der Waals surface area contributed by atoms with Gasteiger partial charge in [-0.05, 0) is 65.9 Å². The van der Waals surface area contributed by atoms with Crippen molar-refractivity contribution in [3.05, 3.63) is 87.4 Å². The normalized spacial score (nSPS) is 17.9. The van der Waals surface area contributed by atoms with Gasteiger partial charge in [0.05, 0.1) is 7.11 Å². The van der Waals surface area contributed by atoms with Gasteiger partial charge in [0.15, 0.2) is 0 Å². The zero-order valence-corrected chi connectivity index (χ0v) is 19.4. The molecule has 0 bridgehead atoms. The summed E-state index contributed by atoms with van der Waals surface area (Å²) in [6, 6.07) is 18.4. The van der Waals surface area contributed by atoms with Crippen LogP contribution in [-0.2, 0) is 29.5 Å². The number of ether oxygens (including phenoxy) is 1. The van der Waals surface area contributed by atoms with Gasteiger partial charge in [-0.15, -0.1) is 0 Å². The Morgan fingerprint density at radius 1 is 1.03 bits per heavy atom. The van der Waals surface area contributed by atoms with E-state index in [4.69, 9.17) is 8.92 Å². The highest BCUT2D eigenvalue weighted by atomic mass is 79.9. The molecule has 2 aliphatic heterocycles. The molecule has 1 unspecified atom stereocenters. The second kappa shape index (κ2) is 7.97. The Bertz CT molecular complexity index is 1240. The van der Waals surface area contributed by atoms with Crippen LogP contribution in [0.5, 0.6) is 11.5 Å². The van der Waals surface area contributed by atoms with Crippen molar-refractivity contribution in [1.82, 2.24) is 4.90 Å². The summed E-state index contributed by atoms with van der Waals surface area (Å²) in [7, 11) is -2.20. The zero-order valence-electron chi connectivity index (χ0n) is 17.0. The molecule has 2 aliphatic rings. The topological polar surface area (TPSA) is 55.8 Å². The maximum Gasteiger partial charge on any atom is 0.339 e. The number of methoxy groups -OCH3 is 1. The van der Waals surface area contributed by atoms with E-state index in [1.807, 2.05) is 12.1 Å².